The number of nitrogens with zero attached hydrogens (tertiary/aromatic N) is 2. The van der Waals surface area contributed by atoms with Crippen molar-refractivity contribution < 1.29 is 4.52 Å². The van der Waals surface area contributed by atoms with Gasteiger partial charge in [-0.2, -0.15) is 0 Å². The third-order valence-corrected chi connectivity index (χ3v) is 3.20. The zero-order valence-electron chi connectivity index (χ0n) is 10.2. The lowest BCUT2D eigenvalue weighted by molar-refractivity contribution is 0.412. The Balaban J connectivity index is 2.02. The van der Waals surface area contributed by atoms with Gasteiger partial charge in [-0.1, -0.05) is 25.1 Å². The quantitative estimate of drug-likeness (QED) is 0.803. The second-order valence-corrected chi connectivity index (χ2v) is 4.99. The zero-order valence-corrected chi connectivity index (χ0v) is 10.2. The second kappa shape index (κ2) is 3.99. The van der Waals surface area contributed by atoms with Gasteiger partial charge < -0.3 is 4.52 Å². The van der Waals surface area contributed by atoms with Gasteiger partial charge >= 0.3 is 0 Å². The summed E-state index contributed by atoms with van der Waals surface area (Å²) in [5.41, 5.74) is 4.25. The topological polar surface area (TPSA) is 38.9 Å². The Kier molecular flexibility index (Phi) is 2.46. The van der Waals surface area contributed by atoms with Crippen LogP contribution in [0.5, 0.6) is 0 Å². The van der Waals surface area contributed by atoms with E-state index in [9.17, 15) is 0 Å². The summed E-state index contributed by atoms with van der Waals surface area (Å²) in [6.45, 7) is 4.31. The molecule has 0 spiro atoms. The first-order valence-electron chi connectivity index (χ1n) is 6.17. The van der Waals surface area contributed by atoms with Crippen LogP contribution in [-0.2, 0) is 0 Å². The minimum Gasteiger partial charge on any atom is -0.364 e. The Hall–Kier alpha value is -1.64. The number of hydrogen-bond donors (Lipinski definition) is 0. The maximum atomic E-state index is 5.11. The molecule has 1 saturated carbocycles. The molecule has 2 aromatic heterocycles. The number of rotatable bonds is 3. The van der Waals surface area contributed by atoms with Crippen LogP contribution in [0, 0.1) is 0 Å². The van der Waals surface area contributed by atoms with Crippen molar-refractivity contribution in [2.24, 2.45) is 0 Å². The zero-order chi connectivity index (χ0) is 11.8. The summed E-state index contributed by atoms with van der Waals surface area (Å²) in [5.74, 6) is 1.03. The van der Waals surface area contributed by atoms with E-state index in [-0.39, 0.29) is 0 Å². The number of hydrogen-bond acceptors (Lipinski definition) is 3. The van der Waals surface area contributed by atoms with Crippen LogP contribution >= 0.6 is 0 Å². The van der Waals surface area contributed by atoms with Gasteiger partial charge in [-0.15, -0.1) is 0 Å². The standard InChI is InChI=1S/C14H16N2O/c1-9(2)12-4-3-5-13(15-12)11-8-17-16-14(11)10-6-7-10/h3-5,8-10H,6-7H2,1-2H3. The van der Waals surface area contributed by atoms with Crippen molar-refractivity contribution >= 4 is 0 Å². The van der Waals surface area contributed by atoms with Crippen LogP contribution in [0.3, 0.4) is 0 Å². The molecule has 0 saturated heterocycles. The second-order valence-electron chi connectivity index (χ2n) is 4.99. The molecule has 17 heavy (non-hydrogen) atoms. The molecule has 0 bridgehead atoms. The molecule has 1 fully saturated rings. The molecular formula is C14H16N2O. The van der Waals surface area contributed by atoms with Crippen LogP contribution < -0.4 is 0 Å². The minimum atomic E-state index is 0.444. The molecule has 0 radical (unpaired) electrons. The first kappa shape index (κ1) is 10.5. The van der Waals surface area contributed by atoms with Gasteiger partial charge in [0.05, 0.1) is 17.0 Å². The van der Waals surface area contributed by atoms with Gasteiger partial charge in [0.1, 0.15) is 6.26 Å². The summed E-state index contributed by atoms with van der Waals surface area (Å²) in [5, 5.41) is 4.11. The molecule has 0 N–H and O–H groups in total. The predicted octanol–water partition coefficient (Wildman–Crippen LogP) is 3.74. The average molecular weight is 228 g/mol. The molecule has 0 amide bonds. The summed E-state index contributed by atoms with van der Waals surface area (Å²) in [6.07, 6.45) is 4.17. The molecule has 0 atom stereocenters. The monoisotopic (exact) mass is 228 g/mol. The van der Waals surface area contributed by atoms with Gasteiger partial charge in [0.2, 0.25) is 0 Å². The summed E-state index contributed by atoms with van der Waals surface area (Å²) < 4.78 is 5.11. The maximum absolute atomic E-state index is 5.11. The van der Waals surface area contributed by atoms with E-state index in [4.69, 9.17) is 4.52 Å². The van der Waals surface area contributed by atoms with E-state index in [1.807, 2.05) is 6.07 Å². The lowest BCUT2D eigenvalue weighted by atomic mass is 10.1. The average Bonchev–Trinajstić information content (AvgIpc) is 3.07. The molecule has 88 valence electrons. The Morgan fingerprint density at radius 3 is 2.82 bits per heavy atom. The van der Waals surface area contributed by atoms with Gasteiger partial charge in [0.25, 0.3) is 0 Å². The molecule has 3 heteroatoms. The van der Waals surface area contributed by atoms with Crippen molar-refractivity contribution in [3.05, 3.63) is 35.9 Å². The van der Waals surface area contributed by atoms with Crippen molar-refractivity contribution in [2.75, 3.05) is 0 Å². The van der Waals surface area contributed by atoms with Crippen molar-refractivity contribution in [3.8, 4) is 11.3 Å². The molecule has 0 unspecified atom stereocenters. The van der Waals surface area contributed by atoms with E-state index in [1.54, 1.807) is 6.26 Å². The van der Waals surface area contributed by atoms with Crippen LogP contribution in [0.2, 0.25) is 0 Å². The Morgan fingerprint density at radius 2 is 2.12 bits per heavy atom. The van der Waals surface area contributed by atoms with Crippen molar-refractivity contribution in [1.29, 1.82) is 0 Å². The summed E-state index contributed by atoms with van der Waals surface area (Å²) in [7, 11) is 0. The van der Waals surface area contributed by atoms with Gasteiger partial charge in [-0.25, -0.2) is 0 Å². The molecule has 0 aromatic carbocycles. The predicted molar refractivity (Wildman–Crippen MR) is 65.8 cm³/mol. The van der Waals surface area contributed by atoms with Crippen molar-refractivity contribution in [2.45, 2.75) is 38.5 Å². The highest BCUT2D eigenvalue weighted by atomic mass is 16.5. The van der Waals surface area contributed by atoms with E-state index in [1.165, 1.54) is 12.8 Å². The van der Waals surface area contributed by atoms with Gasteiger partial charge in [0.15, 0.2) is 0 Å². The minimum absolute atomic E-state index is 0.444. The smallest absolute Gasteiger partial charge is 0.133 e. The van der Waals surface area contributed by atoms with Gasteiger partial charge in [-0.3, -0.25) is 4.98 Å². The van der Waals surface area contributed by atoms with E-state index in [0.717, 1.165) is 22.6 Å². The lowest BCUT2D eigenvalue weighted by Gasteiger charge is -2.06. The van der Waals surface area contributed by atoms with Crippen molar-refractivity contribution in [3.63, 3.8) is 0 Å². The molecule has 1 aliphatic carbocycles. The highest BCUT2D eigenvalue weighted by molar-refractivity contribution is 5.62. The third kappa shape index (κ3) is 1.97. The molecule has 3 nitrogen and oxygen atoms in total. The molecular weight excluding hydrogens is 212 g/mol. The fraction of sp³-hybridized carbons (Fsp3) is 0.429. The fourth-order valence-electron chi connectivity index (χ4n) is 2.01. The summed E-state index contributed by atoms with van der Waals surface area (Å²) in [6, 6.07) is 6.16. The summed E-state index contributed by atoms with van der Waals surface area (Å²) >= 11 is 0. The third-order valence-electron chi connectivity index (χ3n) is 3.20. The first-order valence-corrected chi connectivity index (χ1v) is 6.17. The SMILES string of the molecule is CC(C)c1cccc(-c2conc2C2CC2)n1. The molecule has 2 aromatic rings. The van der Waals surface area contributed by atoms with Gasteiger partial charge in [0, 0.05) is 11.6 Å². The Morgan fingerprint density at radius 1 is 1.29 bits per heavy atom. The van der Waals surface area contributed by atoms with Crippen LogP contribution in [0.1, 0.15) is 49.9 Å². The highest BCUT2D eigenvalue weighted by Crippen LogP contribution is 2.43. The Bertz CT molecular complexity index is 527. The largest absolute Gasteiger partial charge is 0.364 e. The Labute approximate surface area is 101 Å². The van der Waals surface area contributed by atoms with Crippen LogP contribution in [0.25, 0.3) is 11.3 Å². The van der Waals surface area contributed by atoms with Gasteiger partial charge in [-0.05, 0) is 30.9 Å². The highest BCUT2D eigenvalue weighted by Gasteiger charge is 2.30. The molecule has 2 heterocycles. The number of aromatic nitrogens is 2. The number of pyridine rings is 1. The molecule has 0 aliphatic heterocycles. The normalized spacial score (nSPS) is 15.5. The lowest BCUT2D eigenvalue weighted by Crippen LogP contribution is -1.95. The van der Waals surface area contributed by atoms with E-state index >= 15 is 0 Å². The van der Waals surface area contributed by atoms with Crippen LogP contribution in [0.4, 0.5) is 0 Å². The van der Waals surface area contributed by atoms with Crippen LogP contribution in [-0.4, -0.2) is 10.1 Å². The van der Waals surface area contributed by atoms with E-state index < -0.39 is 0 Å². The summed E-state index contributed by atoms with van der Waals surface area (Å²) in [4.78, 5) is 4.69. The molecule has 3 rings (SSSR count). The molecule has 1 aliphatic rings. The first-order chi connectivity index (χ1) is 8.25. The van der Waals surface area contributed by atoms with E-state index in [2.05, 4.69) is 36.1 Å². The van der Waals surface area contributed by atoms with Crippen LogP contribution in [0.15, 0.2) is 29.0 Å². The maximum Gasteiger partial charge on any atom is 0.133 e. The van der Waals surface area contributed by atoms with E-state index in [0.29, 0.717) is 11.8 Å². The van der Waals surface area contributed by atoms with Crippen molar-refractivity contribution in [1.82, 2.24) is 10.1 Å². The fourth-order valence-corrected chi connectivity index (χ4v) is 2.01.